The quantitative estimate of drug-likeness (QED) is 0.0764. The highest BCUT2D eigenvalue weighted by molar-refractivity contribution is 5.99. The van der Waals surface area contributed by atoms with Gasteiger partial charge in [-0.1, -0.05) is 102 Å². The Kier molecular flexibility index (Phi) is 33.7. The molecule has 2 aromatic rings. The first kappa shape index (κ1) is 83.6. The summed E-state index contributed by atoms with van der Waals surface area (Å²) in [6, 6.07) is -1.73. The lowest BCUT2D eigenvalue weighted by Gasteiger charge is -2.40. The smallest absolute Gasteiger partial charge is 0.391 e. The Morgan fingerprint density at radius 2 is 0.928 bits per heavy atom. The third kappa shape index (κ3) is 25.3. The maximum Gasteiger partial charge on any atom is 0.417 e. The number of esters is 1. The molecule has 0 aromatic carbocycles. The Hall–Kier alpha value is -7.65. The van der Waals surface area contributed by atoms with Gasteiger partial charge in [0.05, 0.1) is 30.1 Å². The van der Waals surface area contributed by atoms with E-state index >= 15 is 14.4 Å². The zero-order valence-electron chi connectivity index (χ0n) is 61.4. The Labute approximate surface area is 575 Å². The van der Waals surface area contributed by atoms with Crippen molar-refractivity contribution in [3.8, 4) is 0 Å². The molecular formula is C70H115N13O14. The van der Waals surface area contributed by atoms with Gasteiger partial charge in [0.25, 0.3) is 0 Å². The monoisotopic (exact) mass is 1360 g/mol. The highest BCUT2D eigenvalue weighted by Crippen LogP contribution is 2.25. The zero-order valence-corrected chi connectivity index (χ0v) is 61.4. The topological polar surface area (TPSA) is 334 Å². The third-order valence-corrected chi connectivity index (χ3v) is 17.5. The van der Waals surface area contributed by atoms with Gasteiger partial charge in [0.1, 0.15) is 54.4 Å². The summed E-state index contributed by atoms with van der Waals surface area (Å²) in [5.74, 6) is -11.0. The molecule has 0 aliphatic carbocycles. The summed E-state index contributed by atoms with van der Waals surface area (Å²) in [7, 11) is 7.93. The predicted molar refractivity (Wildman–Crippen MR) is 366 cm³/mol. The number of hydrogen-bond donors (Lipinski definition) is 6. The molecule has 2 aromatic heterocycles. The van der Waals surface area contributed by atoms with Crippen LogP contribution in [0.15, 0.2) is 48.8 Å². The standard InChI is InChI=1S/C70H115N13O14/c1-40(2)32-51-65(91)79(18)54(35-43(7)8)61(87)73-47(14)69(95)97-70(96)80(19)55(36-44(9)10)63(89)75-52(33-41(3)4)66(92)81(20)58(45(11)12)68(94)82(21)59(60(86)46(13)28-31-83(37-49-26-22-24-29-71-49)38-50-27-23-25-30-72-50)64(90)76-57(48(15)84)67(93)77(16)39-56(85)78(17)53(34-42(5)6)62(88)74-51/h22-27,29-30,40-48,51-55,57-60,84,86H,28,31-39H2,1-21H3,(H,73,87)(H,74,88)(H,75,89)(H,76,90)/t46-,47-,48-,51-,52-,53+,54-,55-,57?,58?,59?,60-/m1/s1. The van der Waals surface area contributed by atoms with Crippen molar-refractivity contribution in [2.24, 2.45) is 41.4 Å². The molecule has 0 saturated carbocycles. The number of carbonyl (C=O) groups is 11. The van der Waals surface area contributed by atoms with Gasteiger partial charge in [0.2, 0.25) is 53.2 Å². The van der Waals surface area contributed by atoms with Gasteiger partial charge in [0.15, 0.2) is 0 Å². The van der Waals surface area contributed by atoms with Crippen LogP contribution in [0.1, 0.15) is 154 Å². The molecule has 3 rings (SSSR count). The first-order chi connectivity index (χ1) is 45.2. The van der Waals surface area contributed by atoms with Gasteiger partial charge in [-0.25, -0.2) is 9.59 Å². The molecule has 0 bridgehead atoms. The second-order valence-electron chi connectivity index (χ2n) is 28.9. The normalized spacial score (nSPS) is 24.3. The molecule has 0 radical (unpaired) electrons. The molecule has 12 atom stereocenters. The number of nitrogens with one attached hydrogen (secondary N) is 4. The summed E-state index contributed by atoms with van der Waals surface area (Å²) in [6.45, 7) is 26.2. The molecule has 27 heteroatoms. The van der Waals surface area contributed by atoms with Crippen LogP contribution in [0.4, 0.5) is 4.79 Å². The van der Waals surface area contributed by atoms with Crippen LogP contribution in [0.25, 0.3) is 0 Å². The largest absolute Gasteiger partial charge is 0.417 e. The van der Waals surface area contributed by atoms with Crippen LogP contribution in [-0.4, -0.2) is 242 Å². The van der Waals surface area contributed by atoms with E-state index in [2.05, 4.69) is 36.1 Å². The summed E-state index contributed by atoms with van der Waals surface area (Å²) in [5, 5.41) is 34.9. The number of nitrogens with zero attached hydrogens (tertiary/aromatic N) is 9. The van der Waals surface area contributed by atoms with Crippen molar-refractivity contribution >= 4 is 65.2 Å². The van der Waals surface area contributed by atoms with Crippen molar-refractivity contribution in [1.29, 1.82) is 0 Å². The van der Waals surface area contributed by atoms with E-state index < -0.39 is 150 Å². The second kappa shape index (κ2) is 39.1. The molecular weight excluding hydrogens is 1250 g/mol. The summed E-state index contributed by atoms with van der Waals surface area (Å²) < 4.78 is 5.32. The number of amides is 10. The fourth-order valence-electron chi connectivity index (χ4n) is 11.9. The third-order valence-electron chi connectivity index (χ3n) is 17.5. The van der Waals surface area contributed by atoms with E-state index in [-0.39, 0.29) is 68.1 Å². The summed E-state index contributed by atoms with van der Waals surface area (Å²) in [4.78, 5) is 179. The lowest BCUT2D eigenvalue weighted by atomic mass is 9.91. The van der Waals surface area contributed by atoms with Gasteiger partial charge in [0, 0.05) is 67.8 Å². The van der Waals surface area contributed by atoms with E-state index in [9.17, 15) is 48.6 Å². The van der Waals surface area contributed by atoms with Gasteiger partial charge in [-0.05, 0) is 125 Å². The van der Waals surface area contributed by atoms with E-state index in [1.165, 1.54) is 61.0 Å². The Bertz CT molecular complexity index is 2890. The highest BCUT2D eigenvalue weighted by atomic mass is 16.6. The van der Waals surface area contributed by atoms with Crippen LogP contribution < -0.4 is 21.3 Å². The maximum atomic E-state index is 15.5. The van der Waals surface area contributed by atoms with E-state index in [1.54, 1.807) is 59.1 Å². The first-order valence-corrected chi connectivity index (χ1v) is 34.1. The molecule has 544 valence electrons. The second-order valence-corrected chi connectivity index (χ2v) is 28.9. The van der Waals surface area contributed by atoms with Crippen molar-refractivity contribution in [1.82, 2.24) is 65.5 Å². The van der Waals surface area contributed by atoms with Gasteiger partial charge in [-0.2, -0.15) is 0 Å². The number of hydrogen-bond acceptors (Lipinski definition) is 17. The maximum absolute atomic E-state index is 15.5. The SMILES string of the molecule is CC(C)C[C@@H]1C(=O)N[C@H](CC(C)C)C(=O)N(C)C(C(C)C)C(=O)N(C)C([C@H](O)[C@H](C)CCN(Cc2ccccn2)Cc2ccccn2)C(=O)NC([C@@H](C)O)C(=O)N(C)CC(=O)N(C)[C@@H](CC(C)C)C(=O)N[C@H](CC(C)C)C(=O)N(C)[C@H](CC(C)C)C(=O)N[C@H](C)C(=O)OC(=O)N1C. The minimum atomic E-state index is -1.82. The van der Waals surface area contributed by atoms with E-state index in [4.69, 9.17) is 4.74 Å². The minimum Gasteiger partial charge on any atom is -0.391 e. The summed E-state index contributed by atoms with van der Waals surface area (Å²) >= 11 is 0. The number of ether oxygens (including phenoxy) is 1. The van der Waals surface area contributed by atoms with E-state index in [1.807, 2.05) is 79.7 Å². The predicted octanol–water partition coefficient (Wildman–Crippen LogP) is 3.84. The molecule has 10 amide bonds. The molecule has 0 spiro atoms. The van der Waals surface area contributed by atoms with Crippen LogP contribution in [0, 0.1) is 41.4 Å². The number of cyclic esters (lactones) is 2. The first-order valence-electron chi connectivity index (χ1n) is 34.1. The molecule has 1 fully saturated rings. The van der Waals surface area contributed by atoms with Crippen molar-refractivity contribution in [3.05, 3.63) is 60.2 Å². The van der Waals surface area contributed by atoms with Gasteiger partial charge in [-0.3, -0.25) is 62.9 Å². The molecule has 3 unspecified atom stereocenters. The zero-order chi connectivity index (χ0) is 73.6. The van der Waals surface area contributed by atoms with Crippen LogP contribution in [-0.2, 0) is 65.8 Å². The molecule has 3 heterocycles. The number of aromatic nitrogens is 2. The van der Waals surface area contributed by atoms with Crippen molar-refractivity contribution in [2.75, 3.05) is 55.4 Å². The lowest BCUT2D eigenvalue weighted by Crippen LogP contribution is -2.64. The fraction of sp³-hybridized carbons (Fsp3) is 0.700. The summed E-state index contributed by atoms with van der Waals surface area (Å²) in [6.07, 6.45) is -0.675. The average Bonchev–Trinajstić information content (AvgIpc) is 0.820. The number of aliphatic hydroxyl groups is 2. The molecule has 27 nitrogen and oxygen atoms in total. The van der Waals surface area contributed by atoms with Crippen molar-refractivity contribution in [2.45, 2.75) is 222 Å². The van der Waals surface area contributed by atoms with Crippen LogP contribution in [0.2, 0.25) is 0 Å². The number of carbonyl (C=O) groups excluding carboxylic acids is 11. The highest BCUT2D eigenvalue weighted by Gasteiger charge is 2.45. The number of pyridine rings is 2. The van der Waals surface area contributed by atoms with Crippen molar-refractivity contribution < 1.29 is 67.7 Å². The Morgan fingerprint density at radius 3 is 1.35 bits per heavy atom. The molecule has 1 aliphatic heterocycles. The van der Waals surface area contributed by atoms with Crippen LogP contribution in [0.3, 0.4) is 0 Å². The fourth-order valence-corrected chi connectivity index (χ4v) is 11.9. The van der Waals surface area contributed by atoms with Gasteiger partial charge in [-0.15, -0.1) is 0 Å². The molecule has 97 heavy (non-hydrogen) atoms. The van der Waals surface area contributed by atoms with Gasteiger partial charge >= 0.3 is 12.1 Å². The van der Waals surface area contributed by atoms with E-state index in [0.717, 1.165) is 35.9 Å². The molecule has 1 aliphatic rings. The average molecular weight is 1360 g/mol. The molecule has 6 N–H and O–H groups in total. The molecule has 1 saturated heterocycles. The Morgan fingerprint density at radius 1 is 0.505 bits per heavy atom. The Balaban J connectivity index is 2.32. The van der Waals surface area contributed by atoms with Crippen molar-refractivity contribution in [3.63, 3.8) is 0 Å². The summed E-state index contributed by atoms with van der Waals surface area (Å²) in [5.41, 5.74) is 1.51. The van der Waals surface area contributed by atoms with Gasteiger partial charge < -0.3 is 60.7 Å². The number of likely N-dealkylation sites (N-methyl/N-ethyl adjacent to an activating group) is 6. The minimum absolute atomic E-state index is 0.0193. The number of aliphatic hydroxyl groups excluding tert-OH is 2. The van der Waals surface area contributed by atoms with Crippen LogP contribution in [0.5, 0.6) is 0 Å². The lowest BCUT2D eigenvalue weighted by molar-refractivity contribution is -0.155. The van der Waals surface area contributed by atoms with E-state index in [0.29, 0.717) is 19.6 Å². The number of rotatable bonds is 21. The van der Waals surface area contributed by atoms with Crippen LogP contribution >= 0.6 is 0 Å².